The molecule has 428 valence electrons. The molecule has 23 heteroatoms. The lowest BCUT2D eigenvalue weighted by Gasteiger charge is -2.29. The maximum Gasteiger partial charge on any atom is 0.326 e. The van der Waals surface area contributed by atoms with E-state index in [0.717, 1.165) is 0 Å². The van der Waals surface area contributed by atoms with Gasteiger partial charge in [-0.1, -0.05) is 122 Å². The van der Waals surface area contributed by atoms with Crippen molar-refractivity contribution in [2.24, 2.45) is 45.9 Å². The summed E-state index contributed by atoms with van der Waals surface area (Å²) in [7, 11) is 0. The molecule has 0 radical (unpaired) electrons. The Morgan fingerprint density at radius 2 is 0.922 bits per heavy atom. The third kappa shape index (κ3) is 23.7. The highest BCUT2D eigenvalue weighted by Crippen LogP contribution is 2.14. The van der Waals surface area contributed by atoms with Crippen LogP contribution in [0.5, 0.6) is 0 Å². The van der Waals surface area contributed by atoms with Gasteiger partial charge in [-0.05, 0) is 74.3 Å². The predicted molar refractivity (Wildman–Crippen MR) is 292 cm³/mol. The van der Waals surface area contributed by atoms with Gasteiger partial charge in [0, 0.05) is 19.4 Å². The number of carbonyl (C=O) groups excluding carboxylic acids is 8. The lowest BCUT2D eigenvalue weighted by Crippen LogP contribution is -2.62. The SMILES string of the molecule is CC[C@H](C)[C@H](NC(=O)[C@@H](NC(=O)[C@H](CC(C)C)NC(=O)[C@H](Cc1ccccc1)NC(=O)[C@H](CCCN=C(N)N)NC(=O)[C@H](CC(C)C)NC(=O)[C@H](Cc1ccccc1)NC(=O)[C@H](C)NC(=O)[C@@H](N)C(C)C)[C@@H](C)O)C(=O)O. The molecule has 23 nitrogen and oxygen atoms in total. The maximum absolute atomic E-state index is 14.6. The number of nitrogens with two attached hydrogens (primary N) is 3. The minimum absolute atomic E-state index is 0.00303. The first kappa shape index (κ1) is 66.0. The first-order chi connectivity index (χ1) is 36.1. The van der Waals surface area contributed by atoms with Crippen molar-refractivity contribution in [2.75, 3.05) is 6.54 Å². The molecule has 0 spiro atoms. The Morgan fingerprint density at radius 3 is 1.34 bits per heavy atom. The summed E-state index contributed by atoms with van der Waals surface area (Å²) in [5, 5.41) is 41.6. The van der Waals surface area contributed by atoms with E-state index in [4.69, 9.17) is 17.2 Å². The molecule has 0 aliphatic rings. The molecule has 77 heavy (non-hydrogen) atoms. The number of hydrogen-bond donors (Lipinski definition) is 13. The van der Waals surface area contributed by atoms with Crippen LogP contribution in [-0.2, 0) is 56.0 Å². The molecule has 0 aromatic heterocycles. The van der Waals surface area contributed by atoms with Gasteiger partial charge in [-0.25, -0.2) is 4.79 Å². The zero-order valence-electron chi connectivity index (χ0n) is 46.3. The number of benzene rings is 2. The summed E-state index contributed by atoms with van der Waals surface area (Å²) in [5.41, 5.74) is 18.4. The summed E-state index contributed by atoms with van der Waals surface area (Å²) >= 11 is 0. The van der Waals surface area contributed by atoms with E-state index in [1.807, 2.05) is 13.8 Å². The summed E-state index contributed by atoms with van der Waals surface area (Å²) in [6.45, 7) is 16.9. The Morgan fingerprint density at radius 1 is 0.519 bits per heavy atom. The van der Waals surface area contributed by atoms with E-state index in [1.54, 1.807) is 102 Å². The van der Waals surface area contributed by atoms with Gasteiger partial charge >= 0.3 is 5.97 Å². The number of aliphatic imine (C=N–C) groups is 1. The van der Waals surface area contributed by atoms with Crippen LogP contribution in [0.2, 0.25) is 0 Å². The van der Waals surface area contributed by atoms with Gasteiger partial charge in [0.05, 0.1) is 12.1 Å². The Hall–Kier alpha value is -7.14. The minimum atomic E-state index is -1.61. The Balaban J connectivity index is 2.54. The standard InChI is InChI=1S/C54H86N12O11/c1-11-32(8)43(53(76)77)65-52(75)44(34(10)67)66-50(73)39(26-30(4)5)63-49(72)41(28-36-21-16-13-17-22-36)64-46(69)37(23-18-24-58-54(56)57)60-47(70)38(25-29(2)3)62-48(71)40(27-35-19-14-12-15-20-35)61-45(68)33(9)59-51(74)42(55)31(6)7/h12-17,19-22,29-34,37-44,67H,11,18,23-28,55H2,1-10H3,(H,59,74)(H,60,70)(H,61,68)(H,62,71)(H,63,72)(H,64,69)(H,65,75)(H,66,73)(H,76,77)(H4,56,57,58)/t32-,33-,34+,37-,38-,39-,40-,41-,42-,43-,44-/m0/s1. The van der Waals surface area contributed by atoms with Crippen LogP contribution in [0.25, 0.3) is 0 Å². The van der Waals surface area contributed by atoms with Crippen molar-refractivity contribution < 1.29 is 53.4 Å². The second kappa shape index (κ2) is 33.1. The van der Waals surface area contributed by atoms with E-state index in [1.165, 1.54) is 13.8 Å². The monoisotopic (exact) mass is 1080 g/mol. The molecule has 0 heterocycles. The van der Waals surface area contributed by atoms with Crippen molar-refractivity contribution in [3.8, 4) is 0 Å². The number of carbonyl (C=O) groups is 9. The Kier molecular flexibility index (Phi) is 28.4. The average Bonchev–Trinajstić information content (AvgIpc) is 3.36. The number of aliphatic carboxylic acids is 1. The lowest BCUT2D eigenvalue weighted by molar-refractivity contribution is -0.144. The van der Waals surface area contributed by atoms with Crippen LogP contribution in [-0.4, -0.2) is 136 Å². The molecule has 0 aliphatic heterocycles. The molecule has 0 fully saturated rings. The maximum atomic E-state index is 14.6. The number of nitrogens with zero attached hydrogens (tertiary/aromatic N) is 1. The molecule has 0 aliphatic carbocycles. The highest BCUT2D eigenvalue weighted by molar-refractivity contribution is 5.98. The molecular formula is C54H86N12O11. The molecule has 0 saturated carbocycles. The minimum Gasteiger partial charge on any atom is -0.480 e. The number of carboxylic acids is 1. The molecule has 11 atom stereocenters. The number of aliphatic hydroxyl groups is 1. The molecule has 2 aromatic carbocycles. The fourth-order valence-electron chi connectivity index (χ4n) is 7.95. The molecule has 8 amide bonds. The van der Waals surface area contributed by atoms with Crippen molar-refractivity contribution in [2.45, 2.75) is 175 Å². The number of aliphatic hydroxyl groups excluding tert-OH is 1. The summed E-state index contributed by atoms with van der Waals surface area (Å²) in [6.07, 6.45) is -0.954. The van der Waals surface area contributed by atoms with Crippen LogP contribution in [0.4, 0.5) is 0 Å². The molecule has 0 bridgehead atoms. The normalized spacial score (nSPS) is 15.6. The molecule has 16 N–H and O–H groups in total. The number of rotatable bonds is 33. The van der Waals surface area contributed by atoms with E-state index in [0.29, 0.717) is 17.5 Å². The fourth-order valence-corrected chi connectivity index (χ4v) is 7.95. The van der Waals surface area contributed by atoms with E-state index in [2.05, 4.69) is 47.5 Å². The third-order valence-corrected chi connectivity index (χ3v) is 12.7. The van der Waals surface area contributed by atoms with Crippen molar-refractivity contribution in [1.82, 2.24) is 42.5 Å². The molecule has 0 unspecified atom stereocenters. The number of guanidine groups is 1. The highest BCUT2D eigenvalue weighted by Gasteiger charge is 2.37. The van der Waals surface area contributed by atoms with Crippen molar-refractivity contribution in [3.63, 3.8) is 0 Å². The van der Waals surface area contributed by atoms with Gasteiger partial charge in [0.15, 0.2) is 5.96 Å². The Bertz CT molecular complexity index is 2280. The topological polar surface area (TPSA) is 381 Å². The van der Waals surface area contributed by atoms with Crippen LogP contribution in [0.15, 0.2) is 65.7 Å². The molecular weight excluding hydrogens is 993 g/mol. The van der Waals surface area contributed by atoms with Crippen LogP contribution < -0.4 is 59.7 Å². The zero-order chi connectivity index (χ0) is 58.1. The van der Waals surface area contributed by atoms with Crippen LogP contribution >= 0.6 is 0 Å². The van der Waals surface area contributed by atoms with Gasteiger partial charge in [-0.3, -0.25) is 43.3 Å². The molecule has 2 rings (SSSR count). The quantitative estimate of drug-likeness (QED) is 0.0255. The number of nitrogens with one attached hydrogen (secondary N) is 8. The number of amides is 8. The van der Waals surface area contributed by atoms with Crippen molar-refractivity contribution >= 4 is 59.2 Å². The van der Waals surface area contributed by atoms with E-state index in [-0.39, 0.29) is 68.8 Å². The van der Waals surface area contributed by atoms with E-state index in [9.17, 15) is 53.4 Å². The van der Waals surface area contributed by atoms with E-state index >= 15 is 0 Å². The van der Waals surface area contributed by atoms with Crippen molar-refractivity contribution in [1.29, 1.82) is 0 Å². The number of carboxylic acid groups (broad SMARTS) is 1. The zero-order valence-corrected chi connectivity index (χ0v) is 46.3. The van der Waals surface area contributed by atoms with E-state index < -0.39 is 120 Å². The smallest absolute Gasteiger partial charge is 0.326 e. The average molecular weight is 1080 g/mol. The summed E-state index contributed by atoms with van der Waals surface area (Å²) in [5.74, 6) is -8.80. The Labute approximate surface area is 452 Å². The van der Waals surface area contributed by atoms with Gasteiger partial charge < -0.3 is 69.9 Å². The van der Waals surface area contributed by atoms with Gasteiger partial charge in [0.25, 0.3) is 0 Å². The first-order valence-corrected chi connectivity index (χ1v) is 26.4. The fraction of sp³-hybridized carbons (Fsp3) is 0.593. The molecule has 2 aromatic rings. The predicted octanol–water partition coefficient (Wildman–Crippen LogP) is 0.0107. The van der Waals surface area contributed by atoms with Gasteiger partial charge in [0.1, 0.15) is 48.3 Å². The van der Waals surface area contributed by atoms with Crippen LogP contribution in [0.3, 0.4) is 0 Å². The summed E-state index contributed by atoms with van der Waals surface area (Å²) in [4.78, 5) is 128. The van der Waals surface area contributed by atoms with Gasteiger partial charge in [-0.2, -0.15) is 0 Å². The first-order valence-electron chi connectivity index (χ1n) is 26.4. The summed E-state index contributed by atoms with van der Waals surface area (Å²) < 4.78 is 0. The number of hydrogen-bond acceptors (Lipinski definition) is 12. The van der Waals surface area contributed by atoms with Crippen LogP contribution in [0.1, 0.15) is 112 Å². The highest BCUT2D eigenvalue weighted by atomic mass is 16.4. The van der Waals surface area contributed by atoms with Crippen LogP contribution in [0, 0.1) is 23.7 Å². The van der Waals surface area contributed by atoms with Crippen molar-refractivity contribution in [3.05, 3.63) is 71.8 Å². The van der Waals surface area contributed by atoms with Gasteiger partial charge in [0.2, 0.25) is 47.3 Å². The lowest BCUT2D eigenvalue weighted by atomic mass is 9.98. The summed E-state index contributed by atoms with van der Waals surface area (Å²) in [6, 6.07) is 6.02. The second-order valence-corrected chi connectivity index (χ2v) is 20.8. The molecule has 0 saturated heterocycles. The van der Waals surface area contributed by atoms with Gasteiger partial charge in [-0.15, -0.1) is 0 Å². The largest absolute Gasteiger partial charge is 0.480 e. The second-order valence-electron chi connectivity index (χ2n) is 20.8. The third-order valence-electron chi connectivity index (χ3n) is 12.7.